The zero-order chi connectivity index (χ0) is 24.5. The van der Waals surface area contributed by atoms with Crippen LogP contribution in [0.5, 0.6) is 0 Å². The molecule has 3 aromatic rings. The van der Waals surface area contributed by atoms with E-state index in [1.807, 2.05) is 54.3 Å². The first-order valence-electron chi connectivity index (χ1n) is 12.5. The molecule has 0 bridgehead atoms. The highest BCUT2D eigenvalue weighted by molar-refractivity contribution is 5.79. The number of carbonyl (C=O) groups is 2. The van der Waals surface area contributed by atoms with Crippen LogP contribution in [0, 0.1) is 5.92 Å². The summed E-state index contributed by atoms with van der Waals surface area (Å²) >= 11 is 0. The van der Waals surface area contributed by atoms with Gasteiger partial charge in [0.1, 0.15) is 0 Å². The molecule has 0 saturated carbocycles. The summed E-state index contributed by atoms with van der Waals surface area (Å²) in [6.07, 6.45) is 0.766. The van der Waals surface area contributed by atoms with E-state index in [4.69, 9.17) is 0 Å². The highest BCUT2D eigenvalue weighted by Gasteiger charge is 2.28. The van der Waals surface area contributed by atoms with E-state index in [1.165, 1.54) is 11.1 Å². The minimum Gasteiger partial charge on any atom is -0.352 e. The number of rotatable bonds is 9. The molecule has 1 fully saturated rings. The van der Waals surface area contributed by atoms with Gasteiger partial charge in [0, 0.05) is 45.6 Å². The molecule has 5 nitrogen and oxygen atoms in total. The molecule has 1 atom stereocenters. The summed E-state index contributed by atoms with van der Waals surface area (Å²) < 4.78 is 0. The zero-order valence-electron chi connectivity index (χ0n) is 20.5. The lowest BCUT2D eigenvalue weighted by atomic mass is 9.96. The Labute approximate surface area is 208 Å². The van der Waals surface area contributed by atoms with Gasteiger partial charge in [-0.05, 0) is 22.6 Å². The predicted molar refractivity (Wildman–Crippen MR) is 140 cm³/mol. The summed E-state index contributed by atoms with van der Waals surface area (Å²) in [6.45, 7) is 5.57. The largest absolute Gasteiger partial charge is 0.352 e. The van der Waals surface area contributed by atoms with E-state index in [-0.39, 0.29) is 23.8 Å². The van der Waals surface area contributed by atoms with E-state index in [2.05, 4.69) is 58.7 Å². The van der Waals surface area contributed by atoms with Gasteiger partial charge in [-0.3, -0.25) is 14.5 Å². The van der Waals surface area contributed by atoms with Crippen molar-refractivity contribution in [3.05, 3.63) is 108 Å². The average molecular weight is 470 g/mol. The molecule has 1 aliphatic rings. The maximum absolute atomic E-state index is 13.0. The second kappa shape index (κ2) is 12.3. The molecule has 182 valence electrons. The molecule has 0 radical (unpaired) electrons. The monoisotopic (exact) mass is 469 g/mol. The normalized spacial score (nSPS) is 15.1. The molecule has 0 aromatic heterocycles. The average Bonchev–Trinajstić information content (AvgIpc) is 2.90. The fourth-order valence-electron chi connectivity index (χ4n) is 4.80. The number of carbonyl (C=O) groups excluding carboxylic acids is 2. The summed E-state index contributed by atoms with van der Waals surface area (Å²) in [4.78, 5) is 29.7. The first kappa shape index (κ1) is 24.7. The van der Waals surface area contributed by atoms with Crippen molar-refractivity contribution in [1.29, 1.82) is 0 Å². The Balaban J connectivity index is 1.27. The first-order valence-corrected chi connectivity index (χ1v) is 12.5. The third-order valence-corrected chi connectivity index (χ3v) is 6.65. The van der Waals surface area contributed by atoms with E-state index < -0.39 is 0 Å². The van der Waals surface area contributed by atoms with Gasteiger partial charge in [-0.25, -0.2) is 0 Å². The van der Waals surface area contributed by atoms with Crippen molar-refractivity contribution in [1.82, 2.24) is 15.1 Å². The van der Waals surface area contributed by atoms with Crippen LogP contribution >= 0.6 is 0 Å². The van der Waals surface area contributed by atoms with Gasteiger partial charge in [-0.15, -0.1) is 0 Å². The molecule has 35 heavy (non-hydrogen) atoms. The number of hydrogen-bond donors (Lipinski definition) is 1. The van der Waals surface area contributed by atoms with Gasteiger partial charge in [-0.1, -0.05) is 97.9 Å². The number of nitrogens with one attached hydrogen (secondary N) is 1. The van der Waals surface area contributed by atoms with Crippen molar-refractivity contribution in [3.63, 3.8) is 0 Å². The van der Waals surface area contributed by atoms with Crippen LogP contribution in [0.3, 0.4) is 0 Å². The molecule has 3 aromatic carbocycles. The standard InChI is InChI=1S/C30H35N3O2/c1-24(21-28(34)31-23-25-11-5-2-6-12-25)22-29(35)32-17-19-33(20-18-32)30(26-13-7-3-8-14-26)27-15-9-4-10-16-27/h2-16,24,30H,17-23H2,1H3,(H,31,34)/t24-/m0/s1. The molecule has 1 heterocycles. The fourth-order valence-corrected chi connectivity index (χ4v) is 4.80. The van der Waals surface area contributed by atoms with Gasteiger partial charge >= 0.3 is 0 Å². The highest BCUT2D eigenvalue weighted by Crippen LogP contribution is 2.29. The van der Waals surface area contributed by atoms with Gasteiger partial charge in [0.2, 0.25) is 11.8 Å². The molecular formula is C30H35N3O2. The van der Waals surface area contributed by atoms with Crippen molar-refractivity contribution in [3.8, 4) is 0 Å². The summed E-state index contributed by atoms with van der Waals surface area (Å²) in [5.74, 6) is 0.147. The van der Waals surface area contributed by atoms with E-state index in [0.717, 1.165) is 18.7 Å². The molecule has 4 rings (SSSR count). The van der Waals surface area contributed by atoms with E-state index >= 15 is 0 Å². The minimum absolute atomic E-state index is 0.00691. The molecule has 0 spiro atoms. The number of nitrogens with zero attached hydrogens (tertiary/aromatic N) is 2. The Bertz CT molecular complexity index is 1030. The second-order valence-corrected chi connectivity index (χ2v) is 9.42. The number of benzene rings is 3. The van der Waals surface area contributed by atoms with Gasteiger partial charge in [0.15, 0.2) is 0 Å². The SMILES string of the molecule is C[C@@H](CC(=O)NCc1ccccc1)CC(=O)N1CCN(C(c2ccccc2)c2ccccc2)CC1. The Kier molecular flexibility index (Phi) is 8.68. The summed E-state index contributed by atoms with van der Waals surface area (Å²) in [6, 6.07) is 31.2. The lowest BCUT2D eigenvalue weighted by Crippen LogP contribution is -2.50. The van der Waals surface area contributed by atoms with Crippen molar-refractivity contribution < 1.29 is 9.59 Å². The third-order valence-electron chi connectivity index (χ3n) is 6.65. The summed E-state index contributed by atoms with van der Waals surface area (Å²) in [5.41, 5.74) is 3.62. The quantitative estimate of drug-likeness (QED) is 0.496. The van der Waals surface area contributed by atoms with Crippen molar-refractivity contribution >= 4 is 11.8 Å². The lowest BCUT2D eigenvalue weighted by molar-refractivity contribution is -0.134. The van der Waals surface area contributed by atoms with Crippen LogP contribution in [0.4, 0.5) is 0 Å². The lowest BCUT2D eigenvalue weighted by Gasteiger charge is -2.40. The molecule has 0 aliphatic carbocycles. The summed E-state index contributed by atoms with van der Waals surface area (Å²) in [5, 5.41) is 2.96. The Hall–Kier alpha value is -3.44. The van der Waals surface area contributed by atoms with Crippen LogP contribution < -0.4 is 5.32 Å². The number of hydrogen-bond acceptors (Lipinski definition) is 3. The summed E-state index contributed by atoms with van der Waals surface area (Å²) in [7, 11) is 0. The molecule has 0 unspecified atom stereocenters. The van der Waals surface area contributed by atoms with Crippen LogP contribution in [-0.2, 0) is 16.1 Å². The van der Waals surface area contributed by atoms with Crippen LogP contribution in [0.1, 0.15) is 42.5 Å². The highest BCUT2D eigenvalue weighted by atomic mass is 16.2. The van der Waals surface area contributed by atoms with Gasteiger partial charge < -0.3 is 10.2 Å². The maximum atomic E-state index is 13.0. The molecule has 1 N–H and O–H groups in total. The van der Waals surface area contributed by atoms with Gasteiger partial charge in [0.05, 0.1) is 6.04 Å². The van der Waals surface area contributed by atoms with E-state index in [1.54, 1.807) is 0 Å². The molecular weight excluding hydrogens is 434 g/mol. The van der Waals surface area contributed by atoms with Gasteiger partial charge in [0.25, 0.3) is 0 Å². The molecule has 2 amide bonds. The third kappa shape index (κ3) is 7.03. The Morgan fingerprint density at radius 2 is 1.26 bits per heavy atom. The molecule has 5 heteroatoms. The zero-order valence-corrected chi connectivity index (χ0v) is 20.5. The topological polar surface area (TPSA) is 52.7 Å². The first-order chi connectivity index (χ1) is 17.1. The van der Waals surface area contributed by atoms with E-state index in [0.29, 0.717) is 32.5 Å². The van der Waals surface area contributed by atoms with Crippen LogP contribution in [0.2, 0.25) is 0 Å². The molecule has 1 aliphatic heterocycles. The second-order valence-electron chi connectivity index (χ2n) is 9.42. The van der Waals surface area contributed by atoms with Crippen molar-refractivity contribution in [2.24, 2.45) is 5.92 Å². The minimum atomic E-state index is -0.00691. The molecule has 1 saturated heterocycles. The van der Waals surface area contributed by atoms with Gasteiger partial charge in [-0.2, -0.15) is 0 Å². The van der Waals surface area contributed by atoms with E-state index in [9.17, 15) is 9.59 Å². The van der Waals surface area contributed by atoms with Crippen molar-refractivity contribution in [2.75, 3.05) is 26.2 Å². The van der Waals surface area contributed by atoms with Crippen LogP contribution in [0.25, 0.3) is 0 Å². The number of amides is 2. The predicted octanol–water partition coefficient (Wildman–Crippen LogP) is 4.65. The smallest absolute Gasteiger partial charge is 0.222 e. The van der Waals surface area contributed by atoms with Crippen LogP contribution in [0.15, 0.2) is 91.0 Å². The van der Waals surface area contributed by atoms with Crippen molar-refractivity contribution in [2.45, 2.75) is 32.4 Å². The fraction of sp³-hybridized carbons (Fsp3) is 0.333. The Morgan fingerprint density at radius 1 is 0.743 bits per heavy atom. The Morgan fingerprint density at radius 3 is 1.80 bits per heavy atom. The number of piperazine rings is 1. The van der Waals surface area contributed by atoms with Crippen LogP contribution in [-0.4, -0.2) is 47.8 Å². The maximum Gasteiger partial charge on any atom is 0.222 e.